The van der Waals surface area contributed by atoms with Gasteiger partial charge < -0.3 is 5.32 Å². The van der Waals surface area contributed by atoms with Gasteiger partial charge in [0, 0.05) is 27.8 Å². The first-order valence-electron chi connectivity index (χ1n) is 8.64. The maximum Gasteiger partial charge on any atom is 0.251 e. The number of amides is 1. The van der Waals surface area contributed by atoms with E-state index in [1.807, 2.05) is 48.5 Å². The Bertz CT molecular complexity index is 737. The van der Waals surface area contributed by atoms with Gasteiger partial charge in [-0.05, 0) is 67.6 Å². The van der Waals surface area contributed by atoms with E-state index in [-0.39, 0.29) is 5.91 Å². The molecule has 0 aliphatic heterocycles. The van der Waals surface area contributed by atoms with Crippen molar-refractivity contribution in [1.82, 2.24) is 5.32 Å². The summed E-state index contributed by atoms with van der Waals surface area (Å²) in [6.07, 6.45) is 7.03. The average Bonchev–Trinajstić information content (AvgIpc) is 2.67. The van der Waals surface area contributed by atoms with Crippen LogP contribution in [-0.2, 0) is 5.75 Å². The van der Waals surface area contributed by atoms with Gasteiger partial charge in [0.1, 0.15) is 0 Å². The minimum Gasteiger partial charge on any atom is -0.348 e. The molecule has 1 aliphatic rings. The highest BCUT2D eigenvalue weighted by molar-refractivity contribution is 7.98. The van der Waals surface area contributed by atoms with E-state index in [4.69, 9.17) is 11.6 Å². The van der Waals surface area contributed by atoms with Crippen LogP contribution in [0.2, 0.25) is 5.02 Å². The SMILES string of the molecule is O=C(NCC1=CCCCC1)c1ccc(CSc2ccc(Cl)cc2)cc1. The summed E-state index contributed by atoms with van der Waals surface area (Å²) in [7, 11) is 0. The van der Waals surface area contributed by atoms with Crippen LogP contribution in [0.1, 0.15) is 41.6 Å². The minimum absolute atomic E-state index is 0.00313. The van der Waals surface area contributed by atoms with Crippen molar-refractivity contribution in [1.29, 1.82) is 0 Å². The van der Waals surface area contributed by atoms with Gasteiger partial charge in [-0.25, -0.2) is 0 Å². The molecule has 2 aromatic rings. The summed E-state index contributed by atoms with van der Waals surface area (Å²) in [5.41, 5.74) is 3.28. The van der Waals surface area contributed by atoms with Crippen molar-refractivity contribution in [2.75, 3.05) is 6.54 Å². The lowest BCUT2D eigenvalue weighted by Crippen LogP contribution is -2.26. The van der Waals surface area contributed by atoms with Crippen LogP contribution < -0.4 is 5.32 Å². The number of halogens is 1. The molecule has 0 bridgehead atoms. The number of carbonyl (C=O) groups excluding carboxylic acids is 1. The number of benzene rings is 2. The zero-order chi connectivity index (χ0) is 17.5. The van der Waals surface area contributed by atoms with Gasteiger partial charge >= 0.3 is 0 Å². The van der Waals surface area contributed by atoms with E-state index in [0.29, 0.717) is 6.54 Å². The van der Waals surface area contributed by atoms with Gasteiger partial charge in [0.05, 0.1) is 0 Å². The van der Waals surface area contributed by atoms with Crippen molar-refractivity contribution in [3.05, 3.63) is 76.3 Å². The molecule has 0 fully saturated rings. The molecule has 3 rings (SSSR count). The third kappa shape index (κ3) is 5.65. The molecule has 0 unspecified atom stereocenters. The van der Waals surface area contributed by atoms with E-state index < -0.39 is 0 Å². The van der Waals surface area contributed by atoms with Crippen molar-refractivity contribution in [2.24, 2.45) is 0 Å². The first-order valence-corrected chi connectivity index (χ1v) is 10.0. The zero-order valence-electron chi connectivity index (χ0n) is 14.1. The van der Waals surface area contributed by atoms with Gasteiger partial charge in [-0.1, -0.05) is 35.4 Å². The molecule has 0 aromatic heterocycles. The fourth-order valence-electron chi connectivity index (χ4n) is 2.81. The van der Waals surface area contributed by atoms with Gasteiger partial charge in [0.2, 0.25) is 0 Å². The quantitative estimate of drug-likeness (QED) is 0.508. The monoisotopic (exact) mass is 371 g/mol. The maximum absolute atomic E-state index is 12.3. The first-order chi connectivity index (χ1) is 12.2. The van der Waals surface area contributed by atoms with E-state index in [1.54, 1.807) is 11.8 Å². The van der Waals surface area contributed by atoms with Gasteiger partial charge in [-0.3, -0.25) is 4.79 Å². The summed E-state index contributed by atoms with van der Waals surface area (Å²) >= 11 is 7.66. The Hall–Kier alpha value is -1.71. The second-order valence-corrected chi connectivity index (χ2v) is 7.72. The Labute approximate surface area is 158 Å². The lowest BCUT2D eigenvalue weighted by Gasteiger charge is -2.13. The molecule has 130 valence electrons. The molecule has 2 aromatic carbocycles. The molecule has 25 heavy (non-hydrogen) atoms. The second kappa shape index (κ2) is 9.12. The summed E-state index contributed by atoms with van der Waals surface area (Å²) in [4.78, 5) is 13.4. The normalized spacial score (nSPS) is 14.0. The smallest absolute Gasteiger partial charge is 0.251 e. The standard InChI is InChI=1S/C21H22ClNOS/c22-19-10-12-20(13-11-19)25-15-17-6-8-18(9-7-17)21(24)23-14-16-4-2-1-3-5-16/h4,6-13H,1-3,5,14-15H2,(H,23,24). The molecule has 1 amide bonds. The van der Waals surface area contributed by atoms with Crippen LogP contribution in [0.15, 0.2) is 65.1 Å². The van der Waals surface area contributed by atoms with Crippen molar-refractivity contribution in [3.63, 3.8) is 0 Å². The van der Waals surface area contributed by atoms with Crippen molar-refractivity contribution in [3.8, 4) is 0 Å². The Morgan fingerprint density at radius 3 is 2.48 bits per heavy atom. The van der Waals surface area contributed by atoms with Crippen LogP contribution in [0.25, 0.3) is 0 Å². The molecule has 0 radical (unpaired) electrons. The van der Waals surface area contributed by atoms with Crippen LogP contribution in [0.5, 0.6) is 0 Å². The van der Waals surface area contributed by atoms with Gasteiger partial charge in [0.25, 0.3) is 5.91 Å². The van der Waals surface area contributed by atoms with E-state index in [0.717, 1.165) is 29.2 Å². The summed E-state index contributed by atoms with van der Waals surface area (Å²) < 4.78 is 0. The molecule has 4 heteroatoms. The maximum atomic E-state index is 12.3. The van der Waals surface area contributed by atoms with Crippen LogP contribution in [0, 0.1) is 0 Å². The van der Waals surface area contributed by atoms with Gasteiger partial charge in [0.15, 0.2) is 0 Å². The summed E-state index contributed by atoms with van der Waals surface area (Å²) in [6, 6.07) is 15.7. The highest BCUT2D eigenvalue weighted by Crippen LogP contribution is 2.24. The van der Waals surface area contributed by atoms with E-state index in [2.05, 4.69) is 11.4 Å². The van der Waals surface area contributed by atoms with Crippen LogP contribution in [-0.4, -0.2) is 12.5 Å². The highest BCUT2D eigenvalue weighted by atomic mass is 35.5. The lowest BCUT2D eigenvalue weighted by atomic mass is 9.99. The molecule has 1 N–H and O–H groups in total. The molecule has 2 nitrogen and oxygen atoms in total. The summed E-state index contributed by atoms with van der Waals surface area (Å²) in [6.45, 7) is 0.674. The molecule has 0 atom stereocenters. The predicted octanol–water partition coefficient (Wildman–Crippen LogP) is 5.86. The third-order valence-electron chi connectivity index (χ3n) is 4.30. The number of rotatable bonds is 6. The Kier molecular flexibility index (Phi) is 6.60. The van der Waals surface area contributed by atoms with Crippen LogP contribution >= 0.6 is 23.4 Å². The number of hydrogen-bond acceptors (Lipinski definition) is 2. The molecular formula is C21H22ClNOS. The number of carbonyl (C=O) groups is 1. The molecule has 1 aliphatic carbocycles. The number of allylic oxidation sites excluding steroid dienone is 1. The summed E-state index contributed by atoms with van der Waals surface area (Å²) in [5, 5.41) is 3.78. The molecule has 0 saturated heterocycles. The lowest BCUT2D eigenvalue weighted by molar-refractivity contribution is 0.0956. The predicted molar refractivity (Wildman–Crippen MR) is 106 cm³/mol. The zero-order valence-corrected chi connectivity index (χ0v) is 15.7. The van der Waals surface area contributed by atoms with E-state index in [1.165, 1.54) is 28.9 Å². The van der Waals surface area contributed by atoms with Gasteiger partial charge in [-0.15, -0.1) is 11.8 Å². The Morgan fingerprint density at radius 1 is 1.04 bits per heavy atom. The fourth-order valence-corrected chi connectivity index (χ4v) is 3.79. The Morgan fingerprint density at radius 2 is 1.80 bits per heavy atom. The van der Waals surface area contributed by atoms with Crippen molar-refractivity contribution in [2.45, 2.75) is 36.3 Å². The van der Waals surface area contributed by atoms with E-state index >= 15 is 0 Å². The molecular weight excluding hydrogens is 350 g/mol. The number of thioether (sulfide) groups is 1. The molecule has 0 heterocycles. The van der Waals surface area contributed by atoms with Crippen LogP contribution in [0.3, 0.4) is 0 Å². The summed E-state index contributed by atoms with van der Waals surface area (Å²) in [5.74, 6) is 0.875. The molecule has 0 spiro atoms. The topological polar surface area (TPSA) is 29.1 Å². The average molecular weight is 372 g/mol. The minimum atomic E-state index is 0.00313. The first kappa shape index (κ1) is 18.1. The van der Waals surface area contributed by atoms with Crippen LogP contribution in [0.4, 0.5) is 0 Å². The van der Waals surface area contributed by atoms with E-state index in [9.17, 15) is 4.79 Å². The second-order valence-electron chi connectivity index (χ2n) is 6.23. The molecule has 0 saturated carbocycles. The number of nitrogens with one attached hydrogen (secondary N) is 1. The van der Waals surface area contributed by atoms with Gasteiger partial charge in [-0.2, -0.15) is 0 Å². The largest absolute Gasteiger partial charge is 0.348 e. The third-order valence-corrected chi connectivity index (χ3v) is 5.63. The van der Waals surface area contributed by atoms with Crippen molar-refractivity contribution < 1.29 is 4.79 Å². The highest BCUT2D eigenvalue weighted by Gasteiger charge is 2.08. The fraction of sp³-hybridized carbons (Fsp3) is 0.286. The number of hydrogen-bond donors (Lipinski definition) is 1. The Balaban J connectivity index is 1.49. The van der Waals surface area contributed by atoms with Crippen molar-refractivity contribution >= 4 is 29.3 Å².